The molecule has 2 rings (SSSR count). The summed E-state index contributed by atoms with van der Waals surface area (Å²) >= 11 is 0. The molecule has 0 aliphatic carbocycles. The fourth-order valence-corrected chi connectivity index (χ4v) is 2.64. The van der Waals surface area contributed by atoms with Crippen LogP contribution in [-0.4, -0.2) is 24.0 Å². The molecular formula is C16H24N2O. The summed E-state index contributed by atoms with van der Waals surface area (Å²) in [4.78, 5) is 4.44. The fraction of sp³-hybridized carbons (Fsp3) is 0.562. The maximum Gasteiger partial charge on any atom is 0.122 e. The molecule has 0 radical (unpaired) electrons. The first-order chi connectivity index (χ1) is 9.04. The van der Waals surface area contributed by atoms with Gasteiger partial charge in [-0.15, -0.1) is 0 Å². The van der Waals surface area contributed by atoms with Crippen molar-refractivity contribution in [2.24, 2.45) is 4.99 Å². The van der Waals surface area contributed by atoms with Crippen LogP contribution >= 0.6 is 0 Å². The van der Waals surface area contributed by atoms with Gasteiger partial charge in [-0.1, -0.05) is 19.9 Å². The molecule has 1 aliphatic rings. The summed E-state index contributed by atoms with van der Waals surface area (Å²) in [5.41, 5.74) is 4.54. The molecule has 2 N–H and O–H groups in total. The average molecular weight is 260 g/mol. The highest BCUT2D eigenvalue weighted by molar-refractivity contribution is 5.86. The summed E-state index contributed by atoms with van der Waals surface area (Å²) in [6, 6.07) is 2.14. The van der Waals surface area contributed by atoms with Crippen LogP contribution in [0.1, 0.15) is 48.4 Å². The Morgan fingerprint density at radius 3 is 2.74 bits per heavy atom. The highest BCUT2D eigenvalue weighted by Gasteiger charge is 2.17. The van der Waals surface area contributed by atoms with Crippen LogP contribution in [0.2, 0.25) is 0 Å². The highest BCUT2D eigenvalue weighted by Crippen LogP contribution is 2.34. The number of phenols is 1. The quantitative estimate of drug-likeness (QED) is 0.874. The summed E-state index contributed by atoms with van der Waals surface area (Å²) in [5.74, 6) is 1.91. The fourth-order valence-electron chi connectivity index (χ4n) is 2.64. The molecule has 1 atom stereocenters. The second kappa shape index (κ2) is 5.64. The van der Waals surface area contributed by atoms with Crippen molar-refractivity contribution in [2.45, 2.75) is 46.5 Å². The summed E-state index contributed by atoms with van der Waals surface area (Å²) in [6.45, 7) is 10.3. The lowest BCUT2D eigenvalue weighted by molar-refractivity contribution is 0.456. The number of phenolic OH excluding ortho intramolecular Hbond substituents is 1. The van der Waals surface area contributed by atoms with Gasteiger partial charge in [0.15, 0.2) is 0 Å². The Morgan fingerprint density at radius 1 is 1.42 bits per heavy atom. The Kier molecular flexibility index (Phi) is 4.13. The summed E-state index contributed by atoms with van der Waals surface area (Å²) in [6.07, 6.45) is 1.84. The van der Waals surface area contributed by atoms with Crippen LogP contribution < -0.4 is 5.32 Å². The minimum atomic E-state index is 0.397. The highest BCUT2D eigenvalue weighted by atomic mass is 16.3. The van der Waals surface area contributed by atoms with E-state index in [4.69, 9.17) is 0 Å². The van der Waals surface area contributed by atoms with E-state index in [0.717, 1.165) is 42.9 Å². The molecule has 3 nitrogen and oxygen atoms in total. The van der Waals surface area contributed by atoms with E-state index >= 15 is 0 Å². The van der Waals surface area contributed by atoms with Crippen LogP contribution in [0.15, 0.2) is 11.1 Å². The third-order valence-corrected chi connectivity index (χ3v) is 4.16. The second-order valence-electron chi connectivity index (χ2n) is 5.48. The Morgan fingerprint density at radius 2 is 2.16 bits per heavy atom. The van der Waals surface area contributed by atoms with E-state index in [1.165, 1.54) is 11.1 Å². The zero-order valence-electron chi connectivity index (χ0n) is 12.4. The molecule has 104 valence electrons. The predicted octanol–water partition coefficient (Wildman–Crippen LogP) is 3.07. The van der Waals surface area contributed by atoms with Crippen molar-refractivity contribution in [3.63, 3.8) is 0 Å². The van der Waals surface area contributed by atoms with Gasteiger partial charge >= 0.3 is 0 Å². The number of aryl methyl sites for hydroxylation is 1. The molecule has 1 aromatic rings. The first-order valence-electron chi connectivity index (χ1n) is 7.13. The Bertz CT molecular complexity index is 506. The first kappa shape index (κ1) is 13.9. The number of rotatable bonds is 4. The van der Waals surface area contributed by atoms with Gasteiger partial charge in [0.2, 0.25) is 0 Å². The molecule has 0 bridgehead atoms. The third kappa shape index (κ3) is 2.75. The molecule has 1 unspecified atom stereocenters. The SMILES string of the molecule is CCC(C)c1cc(C)c(CC2=NCCN2)c(C)c1O. The van der Waals surface area contributed by atoms with Crippen LogP contribution in [0.25, 0.3) is 0 Å². The van der Waals surface area contributed by atoms with Gasteiger partial charge < -0.3 is 10.4 Å². The molecule has 0 fully saturated rings. The number of nitrogens with one attached hydrogen (secondary N) is 1. The van der Waals surface area contributed by atoms with Gasteiger partial charge in [-0.05, 0) is 48.4 Å². The minimum Gasteiger partial charge on any atom is -0.507 e. The largest absolute Gasteiger partial charge is 0.507 e. The van der Waals surface area contributed by atoms with E-state index in [9.17, 15) is 5.11 Å². The van der Waals surface area contributed by atoms with Crippen molar-refractivity contribution in [1.82, 2.24) is 5.32 Å². The minimum absolute atomic E-state index is 0.397. The van der Waals surface area contributed by atoms with E-state index in [-0.39, 0.29) is 0 Å². The van der Waals surface area contributed by atoms with Gasteiger partial charge in [-0.3, -0.25) is 4.99 Å². The molecular weight excluding hydrogens is 236 g/mol. The number of aliphatic imine (C=N–C) groups is 1. The molecule has 0 spiro atoms. The van der Waals surface area contributed by atoms with Crippen molar-refractivity contribution in [3.05, 3.63) is 28.3 Å². The number of aromatic hydroxyl groups is 1. The van der Waals surface area contributed by atoms with Crippen molar-refractivity contribution in [3.8, 4) is 5.75 Å². The van der Waals surface area contributed by atoms with Gasteiger partial charge in [0, 0.05) is 13.0 Å². The standard InChI is InChI=1S/C16H24N2O/c1-5-10(2)14-8-11(3)13(12(4)16(14)19)9-15-17-6-7-18-15/h8,10,19H,5-7,9H2,1-4H3,(H,17,18). The lowest BCUT2D eigenvalue weighted by Crippen LogP contribution is -2.21. The maximum absolute atomic E-state index is 10.4. The van der Waals surface area contributed by atoms with Crippen LogP contribution in [0.5, 0.6) is 5.75 Å². The maximum atomic E-state index is 10.4. The molecule has 0 amide bonds. The van der Waals surface area contributed by atoms with Gasteiger partial charge in [-0.25, -0.2) is 0 Å². The van der Waals surface area contributed by atoms with Gasteiger partial charge in [0.25, 0.3) is 0 Å². The topological polar surface area (TPSA) is 44.6 Å². The van der Waals surface area contributed by atoms with Gasteiger partial charge in [0.05, 0.1) is 6.54 Å². The molecule has 0 saturated heterocycles. The lowest BCUT2D eigenvalue weighted by Gasteiger charge is -2.18. The summed E-state index contributed by atoms with van der Waals surface area (Å²) < 4.78 is 0. The van der Waals surface area contributed by atoms with E-state index in [1.54, 1.807) is 0 Å². The second-order valence-corrected chi connectivity index (χ2v) is 5.48. The molecule has 1 heterocycles. The molecule has 0 saturated carbocycles. The van der Waals surface area contributed by atoms with E-state index in [1.807, 2.05) is 6.92 Å². The van der Waals surface area contributed by atoms with Crippen LogP contribution in [0.3, 0.4) is 0 Å². The Labute approximate surface area is 115 Å². The molecule has 0 aromatic heterocycles. The molecule has 19 heavy (non-hydrogen) atoms. The molecule has 3 heteroatoms. The van der Waals surface area contributed by atoms with Crippen molar-refractivity contribution in [1.29, 1.82) is 0 Å². The number of hydrogen-bond donors (Lipinski definition) is 2. The monoisotopic (exact) mass is 260 g/mol. The van der Waals surface area contributed by atoms with Gasteiger partial charge in [0.1, 0.15) is 11.6 Å². The van der Waals surface area contributed by atoms with E-state index in [0.29, 0.717) is 11.7 Å². The van der Waals surface area contributed by atoms with Crippen LogP contribution in [-0.2, 0) is 6.42 Å². The Hall–Kier alpha value is -1.51. The molecule has 1 aliphatic heterocycles. The zero-order chi connectivity index (χ0) is 14.0. The predicted molar refractivity (Wildman–Crippen MR) is 80.3 cm³/mol. The lowest BCUT2D eigenvalue weighted by atomic mass is 9.89. The van der Waals surface area contributed by atoms with Crippen LogP contribution in [0, 0.1) is 13.8 Å². The van der Waals surface area contributed by atoms with E-state index in [2.05, 4.69) is 37.1 Å². The Balaban J connectivity index is 2.37. The number of nitrogens with zero attached hydrogens (tertiary/aromatic N) is 1. The van der Waals surface area contributed by atoms with Crippen molar-refractivity contribution >= 4 is 5.84 Å². The van der Waals surface area contributed by atoms with Crippen molar-refractivity contribution in [2.75, 3.05) is 13.1 Å². The summed E-state index contributed by atoms with van der Waals surface area (Å²) in [7, 11) is 0. The first-order valence-corrected chi connectivity index (χ1v) is 7.13. The number of benzene rings is 1. The summed E-state index contributed by atoms with van der Waals surface area (Å²) in [5, 5.41) is 13.7. The smallest absolute Gasteiger partial charge is 0.122 e. The average Bonchev–Trinajstić information content (AvgIpc) is 2.91. The number of amidine groups is 1. The normalized spacial score (nSPS) is 16.1. The van der Waals surface area contributed by atoms with E-state index < -0.39 is 0 Å². The zero-order valence-corrected chi connectivity index (χ0v) is 12.4. The van der Waals surface area contributed by atoms with Crippen molar-refractivity contribution < 1.29 is 5.11 Å². The number of hydrogen-bond acceptors (Lipinski definition) is 3. The third-order valence-electron chi connectivity index (χ3n) is 4.16. The van der Waals surface area contributed by atoms with Gasteiger partial charge in [-0.2, -0.15) is 0 Å². The van der Waals surface area contributed by atoms with Crippen LogP contribution in [0.4, 0.5) is 0 Å². The molecule has 1 aromatic carbocycles.